The van der Waals surface area contributed by atoms with E-state index in [0.717, 1.165) is 16.9 Å². The van der Waals surface area contributed by atoms with E-state index in [1.165, 1.54) is 0 Å². The lowest BCUT2D eigenvalue weighted by Crippen LogP contribution is -2.69. The van der Waals surface area contributed by atoms with Gasteiger partial charge in [0.25, 0.3) is 5.91 Å². The topological polar surface area (TPSA) is 78.3 Å². The summed E-state index contributed by atoms with van der Waals surface area (Å²) in [6, 6.07) is 7.50. The van der Waals surface area contributed by atoms with Gasteiger partial charge in [0.05, 0.1) is 6.21 Å². The molecule has 1 unspecified atom stereocenters. The van der Waals surface area contributed by atoms with Crippen molar-refractivity contribution >= 4 is 18.2 Å². The largest absolute Gasteiger partial charge is 0.488 e. The molecule has 1 aliphatic rings. The highest BCUT2D eigenvalue weighted by Gasteiger charge is 2.20. The van der Waals surface area contributed by atoms with Crippen LogP contribution < -0.4 is 15.9 Å². The minimum Gasteiger partial charge on any atom is -0.488 e. The SMILES string of the molecule is CC(C)C([NH3+])C(=O)NN=CC1=Cc2ccccc2OC1. The number of nitrogens with one attached hydrogen (secondary N) is 1. The van der Waals surface area contributed by atoms with Gasteiger partial charge >= 0.3 is 0 Å². The summed E-state index contributed by atoms with van der Waals surface area (Å²) in [5.41, 5.74) is 8.24. The summed E-state index contributed by atoms with van der Waals surface area (Å²) in [5, 5.41) is 3.96. The van der Waals surface area contributed by atoms with Crippen LogP contribution in [0.3, 0.4) is 0 Å². The first-order valence-corrected chi connectivity index (χ1v) is 6.66. The van der Waals surface area contributed by atoms with Crippen molar-refractivity contribution in [3.05, 3.63) is 35.4 Å². The molecule has 0 spiro atoms. The van der Waals surface area contributed by atoms with E-state index in [2.05, 4.69) is 16.3 Å². The van der Waals surface area contributed by atoms with Gasteiger partial charge in [-0.3, -0.25) is 4.79 Å². The second-order valence-corrected chi connectivity index (χ2v) is 5.13. The molecule has 1 aromatic rings. The van der Waals surface area contributed by atoms with Crippen molar-refractivity contribution in [2.75, 3.05) is 6.61 Å². The van der Waals surface area contributed by atoms with E-state index in [-0.39, 0.29) is 17.9 Å². The van der Waals surface area contributed by atoms with Gasteiger partial charge in [0, 0.05) is 17.1 Å². The first-order valence-electron chi connectivity index (χ1n) is 6.66. The van der Waals surface area contributed by atoms with Crippen molar-refractivity contribution in [3.8, 4) is 5.75 Å². The number of hydrogen-bond donors (Lipinski definition) is 2. The fourth-order valence-corrected chi connectivity index (χ4v) is 1.77. The maximum atomic E-state index is 11.7. The second kappa shape index (κ2) is 6.34. The Morgan fingerprint density at radius 1 is 1.45 bits per heavy atom. The lowest BCUT2D eigenvalue weighted by molar-refractivity contribution is -0.414. The first-order chi connectivity index (χ1) is 9.58. The van der Waals surface area contributed by atoms with Crippen LogP contribution in [0.15, 0.2) is 34.9 Å². The maximum Gasteiger partial charge on any atom is 0.298 e. The number of hydrogen-bond acceptors (Lipinski definition) is 3. The van der Waals surface area contributed by atoms with Gasteiger partial charge in [0.1, 0.15) is 12.4 Å². The minimum absolute atomic E-state index is 0.172. The third-order valence-corrected chi connectivity index (χ3v) is 3.20. The highest BCUT2D eigenvalue weighted by Crippen LogP contribution is 2.24. The van der Waals surface area contributed by atoms with Crippen LogP contribution in [-0.2, 0) is 4.79 Å². The van der Waals surface area contributed by atoms with E-state index < -0.39 is 0 Å². The van der Waals surface area contributed by atoms with Crippen LogP contribution in [0.1, 0.15) is 19.4 Å². The molecule has 0 radical (unpaired) electrons. The Morgan fingerprint density at radius 3 is 2.95 bits per heavy atom. The number of carbonyl (C=O) groups excluding carboxylic acids is 1. The van der Waals surface area contributed by atoms with Gasteiger partial charge in [-0.05, 0) is 12.1 Å². The number of ether oxygens (including phenoxy) is 1. The standard InChI is InChI=1S/C15H19N3O2/c1-10(2)14(16)15(19)18-17-8-11-7-12-5-3-4-6-13(12)20-9-11/h3-8,10,14H,9,16H2,1-2H3,(H,18,19)/p+1. The summed E-state index contributed by atoms with van der Waals surface area (Å²) < 4.78 is 5.59. The normalized spacial score (nSPS) is 15.5. The Labute approximate surface area is 118 Å². The van der Waals surface area contributed by atoms with Crippen molar-refractivity contribution in [2.45, 2.75) is 19.9 Å². The molecule has 5 heteroatoms. The van der Waals surface area contributed by atoms with Crippen LogP contribution in [0.5, 0.6) is 5.75 Å². The summed E-state index contributed by atoms with van der Waals surface area (Å²) in [7, 11) is 0. The van der Waals surface area contributed by atoms with Gasteiger partial charge in [-0.15, -0.1) is 0 Å². The monoisotopic (exact) mass is 274 g/mol. The molecule has 0 fully saturated rings. The van der Waals surface area contributed by atoms with E-state index in [1.54, 1.807) is 6.21 Å². The Hall–Kier alpha value is -2.14. The van der Waals surface area contributed by atoms with Crippen LogP contribution in [0, 0.1) is 5.92 Å². The fourth-order valence-electron chi connectivity index (χ4n) is 1.77. The molecule has 5 nitrogen and oxygen atoms in total. The lowest BCUT2D eigenvalue weighted by atomic mass is 10.1. The Bertz CT molecular complexity index is 550. The van der Waals surface area contributed by atoms with E-state index >= 15 is 0 Å². The zero-order chi connectivity index (χ0) is 14.5. The van der Waals surface area contributed by atoms with Crippen molar-refractivity contribution in [2.24, 2.45) is 11.0 Å². The molecule has 0 saturated carbocycles. The van der Waals surface area contributed by atoms with Gasteiger partial charge in [0.2, 0.25) is 0 Å². The summed E-state index contributed by atoms with van der Waals surface area (Å²) in [4.78, 5) is 11.7. The average Bonchev–Trinajstić information content (AvgIpc) is 2.46. The van der Waals surface area contributed by atoms with E-state index in [4.69, 9.17) is 4.74 Å². The van der Waals surface area contributed by atoms with Crippen molar-refractivity contribution in [1.82, 2.24) is 5.43 Å². The molecule has 1 amide bonds. The van der Waals surface area contributed by atoms with Crippen LogP contribution in [0.25, 0.3) is 6.08 Å². The number of hydrazone groups is 1. The number of quaternary nitrogens is 1. The van der Waals surface area contributed by atoms with Crippen LogP contribution in [0.4, 0.5) is 0 Å². The number of benzene rings is 1. The third-order valence-electron chi connectivity index (χ3n) is 3.20. The molecular formula is C15H20N3O2+. The number of fused-ring (bicyclic) bond motifs is 1. The van der Waals surface area contributed by atoms with E-state index in [0.29, 0.717) is 6.61 Å². The van der Waals surface area contributed by atoms with Gasteiger partial charge in [-0.1, -0.05) is 32.0 Å². The first kappa shape index (κ1) is 14.3. The third kappa shape index (κ3) is 3.45. The van der Waals surface area contributed by atoms with E-state index in [1.807, 2.05) is 44.2 Å². The summed E-state index contributed by atoms with van der Waals surface area (Å²) >= 11 is 0. The van der Waals surface area contributed by atoms with Crippen LogP contribution in [-0.4, -0.2) is 24.8 Å². The molecule has 0 aromatic heterocycles. The Morgan fingerprint density at radius 2 is 2.20 bits per heavy atom. The molecule has 1 aliphatic heterocycles. The molecule has 20 heavy (non-hydrogen) atoms. The van der Waals surface area contributed by atoms with Crippen LogP contribution >= 0.6 is 0 Å². The van der Waals surface area contributed by atoms with Crippen LogP contribution in [0.2, 0.25) is 0 Å². The van der Waals surface area contributed by atoms with Gasteiger partial charge in [-0.25, -0.2) is 5.43 Å². The highest BCUT2D eigenvalue weighted by atomic mass is 16.5. The molecule has 1 aromatic carbocycles. The Balaban J connectivity index is 1.96. The Kier molecular flexibility index (Phi) is 4.53. The molecule has 106 valence electrons. The van der Waals surface area contributed by atoms with Crippen molar-refractivity contribution < 1.29 is 15.3 Å². The number of nitrogens with zero attached hydrogens (tertiary/aromatic N) is 1. The molecule has 1 atom stereocenters. The number of carbonyl (C=O) groups is 1. The number of rotatable bonds is 4. The van der Waals surface area contributed by atoms with Gasteiger partial charge in [-0.2, -0.15) is 5.10 Å². The van der Waals surface area contributed by atoms with Gasteiger partial charge in [0.15, 0.2) is 6.04 Å². The van der Waals surface area contributed by atoms with Crippen molar-refractivity contribution in [3.63, 3.8) is 0 Å². The zero-order valence-corrected chi connectivity index (χ0v) is 11.8. The molecule has 4 N–H and O–H groups in total. The molecule has 0 bridgehead atoms. The van der Waals surface area contributed by atoms with Crippen molar-refractivity contribution in [1.29, 1.82) is 0 Å². The summed E-state index contributed by atoms with van der Waals surface area (Å²) in [5.74, 6) is 0.884. The fraction of sp³-hybridized carbons (Fsp3) is 0.333. The number of para-hydroxylation sites is 1. The zero-order valence-electron chi connectivity index (χ0n) is 11.8. The molecule has 0 aliphatic carbocycles. The quantitative estimate of drug-likeness (QED) is 0.630. The summed E-state index contributed by atoms with van der Waals surface area (Å²) in [6.07, 6.45) is 3.61. The highest BCUT2D eigenvalue weighted by molar-refractivity contribution is 5.89. The predicted octanol–water partition coefficient (Wildman–Crippen LogP) is 0.831. The molecule has 1 heterocycles. The van der Waals surface area contributed by atoms with E-state index in [9.17, 15) is 4.79 Å². The molecule has 2 rings (SSSR count). The molecular weight excluding hydrogens is 254 g/mol. The molecule has 0 saturated heterocycles. The predicted molar refractivity (Wildman–Crippen MR) is 78.1 cm³/mol. The minimum atomic E-state index is -0.301. The second-order valence-electron chi connectivity index (χ2n) is 5.13. The smallest absolute Gasteiger partial charge is 0.298 e. The maximum absolute atomic E-state index is 11.7. The number of amides is 1. The lowest BCUT2D eigenvalue weighted by Gasteiger charge is -2.15. The van der Waals surface area contributed by atoms with Gasteiger partial charge < -0.3 is 10.5 Å². The summed E-state index contributed by atoms with van der Waals surface area (Å²) in [6.45, 7) is 4.36. The average molecular weight is 274 g/mol.